The summed E-state index contributed by atoms with van der Waals surface area (Å²) in [5, 5.41) is 8.35. The number of methoxy groups -OCH3 is 1. The third kappa shape index (κ3) is 7.03. The van der Waals surface area contributed by atoms with Crippen LogP contribution < -0.4 is 0 Å². The van der Waals surface area contributed by atoms with Crippen LogP contribution in [0.1, 0.15) is 22.5 Å². The van der Waals surface area contributed by atoms with E-state index in [1.165, 1.54) is 31.6 Å². The second-order valence-corrected chi connectivity index (χ2v) is 5.21. The van der Waals surface area contributed by atoms with Gasteiger partial charge in [-0.25, -0.2) is 8.78 Å². The molecule has 0 unspecified atom stereocenters. The van der Waals surface area contributed by atoms with Gasteiger partial charge in [-0.3, -0.25) is 19.6 Å². The number of carboxylic acid groups (broad SMARTS) is 1. The van der Waals surface area contributed by atoms with E-state index >= 15 is 0 Å². The molecule has 134 valence electrons. The summed E-state index contributed by atoms with van der Waals surface area (Å²) in [6, 6.07) is 2.61. The molecule has 6 nitrogen and oxygen atoms in total. The van der Waals surface area contributed by atoms with E-state index in [0.29, 0.717) is 5.56 Å². The molecule has 25 heavy (non-hydrogen) atoms. The predicted molar refractivity (Wildman–Crippen MR) is 84.9 cm³/mol. The second kappa shape index (κ2) is 9.41. The Labute approximate surface area is 143 Å². The number of carboxylic acids is 1. The molecule has 8 heteroatoms. The molecule has 0 atom stereocenters. The first-order chi connectivity index (χ1) is 11.7. The Morgan fingerprint density at radius 1 is 1.00 bits per heavy atom. The first-order valence-electron chi connectivity index (χ1n) is 7.23. The van der Waals surface area contributed by atoms with E-state index in [2.05, 4.69) is 14.7 Å². The highest BCUT2D eigenvalue weighted by molar-refractivity contribution is 5.71. The zero-order chi connectivity index (χ0) is 19.0. The van der Waals surface area contributed by atoms with Crippen LogP contribution in [0.2, 0.25) is 0 Å². The maximum atomic E-state index is 13.1. The van der Waals surface area contributed by atoms with E-state index < -0.39 is 23.6 Å². The van der Waals surface area contributed by atoms with Crippen molar-refractivity contribution in [3.05, 3.63) is 58.7 Å². The number of nitrogens with zero attached hydrogens (tertiary/aromatic N) is 2. The number of aromatic nitrogens is 2. The van der Waals surface area contributed by atoms with Crippen LogP contribution in [0.5, 0.6) is 0 Å². The summed E-state index contributed by atoms with van der Waals surface area (Å²) in [5.41, 5.74) is 1.51. The fraction of sp³-hybridized carbons (Fsp3) is 0.294. The second-order valence-electron chi connectivity index (χ2n) is 5.21. The van der Waals surface area contributed by atoms with Crippen molar-refractivity contribution in [3.8, 4) is 0 Å². The highest BCUT2D eigenvalue weighted by Gasteiger charge is 2.09. The van der Waals surface area contributed by atoms with Gasteiger partial charge in [-0.1, -0.05) is 0 Å². The molecular weight excluding hydrogens is 334 g/mol. The van der Waals surface area contributed by atoms with Crippen molar-refractivity contribution >= 4 is 11.9 Å². The number of aliphatic carboxylic acids is 1. The first-order valence-corrected chi connectivity index (χ1v) is 7.23. The van der Waals surface area contributed by atoms with E-state index in [9.17, 15) is 18.4 Å². The van der Waals surface area contributed by atoms with E-state index in [-0.39, 0.29) is 24.2 Å². The fourth-order valence-electron chi connectivity index (χ4n) is 1.74. The largest absolute Gasteiger partial charge is 0.481 e. The van der Waals surface area contributed by atoms with Gasteiger partial charge in [0.2, 0.25) is 0 Å². The molecule has 0 aromatic carbocycles. The number of ether oxygens (including phenoxy) is 1. The van der Waals surface area contributed by atoms with Crippen LogP contribution in [-0.4, -0.2) is 34.1 Å². The lowest BCUT2D eigenvalue weighted by Crippen LogP contribution is -2.08. The molecule has 0 aliphatic heterocycles. The minimum atomic E-state index is -1.08. The smallest absolute Gasteiger partial charge is 0.311 e. The van der Waals surface area contributed by atoms with Crippen LogP contribution in [0.25, 0.3) is 0 Å². The van der Waals surface area contributed by atoms with Gasteiger partial charge in [-0.05, 0) is 37.1 Å². The average Bonchev–Trinajstić information content (AvgIpc) is 2.53. The van der Waals surface area contributed by atoms with Gasteiger partial charge in [-0.15, -0.1) is 0 Å². The molecule has 1 N–H and O–H groups in total. The van der Waals surface area contributed by atoms with Crippen molar-refractivity contribution in [3.63, 3.8) is 0 Å². The number of hydrogen-bond donors (Lipinski definition) is 1. The summed E-state index contributed by atoms with van der Waals surface area (Å²) in [4.78, 5) is 28.4. The molecule has 2 heterocycles. The third-order valence-electron chi connectivity index (χ3n) is 2.97. The van der Waals surface area contributed by atoms with Crippen LogP contribution in [0, 0.1) is 25.5 Å². The van der Waals surface area contributed by atoms with Gasteiger partial charge in [0.15, 0.2) is 0 Å². The number of pyridine rings is 2. The quantitative estimate of drug-likeness (QED) is 0.850. The van der Waals surface area contributed by atoms with E-state index in [1.807, 2.05) is 0 Å². The Bertz CT molecular complexity index is 766. The number of carbonyl (C=O) groups excluding carboxylic acids is 1. The van der Waals surface area contributed by atoms with Gasteiger partial charge < -0.3 is 9.84 Å². The van der Waals surface area contributed by atoms with Gasteiger partial charge in [0, 0.05) is 12.4 Å². The Morgan fingerprint density at radius 2 is 1.44 bits per heavy atom. The summed E-state index contributed by atoms with van der Waals surface area (Å²) < 4.78 is 30.4. The van der Waals surface area contributed by atoms with Crippen LogP contribution in [0.3, 0.4) is 0 Å². The van der Waals surface area contributed by atoms with Crippen LogP contribution in [0.15, 0.2) is 24.5 Å². The third-order valence-corrected chi connectivity index (χ3v) is 2.97. The monoisotopic (exact) mass is 352 g/mol. The maximum Gasteiger partial charge on any atom is 0.311 e. The van der Waals surface area contributed by atoms with Gasteiger partial charge in [-0.2, -0.15) is 0 Å². The van der Waals surface area contributed by atoms with E-state index in [1.54, 1.807) is 13.8 Å². The summed E-state index contributed by atoms with van der Waals surface area (Å²) in [7, 11) is 1.26. The lowest BCUT2D eigenvalue weighted by Gasteiger charge is -2.01. The minimum Gasteiger partial charge on any atom is -0.481 e. The molecule has 0 spiro atoms. The average molecular weight is 352 g/mol. The van der Waals surface area contributed by atoms with Crippen molar-refractivity contribution in [2.75, 3.05) is 7.11 Å². The normalized spacial score (nSPS) is 9.80. The summed E-state index contributed by atoms with van der Waals surface area (Å²) in [5.74, 6) is -2.59. The Kier molecular flexibility index (Phi) is 7.58. The molecule has 2 rings (SSSR count). The molecular formula is C17H18F2N2O4. The summed E-state index contributed by atoms with van der Waals surface area (Å²) in [6.45, 7) is 3.43. The number of carbonyl (C=O) groups is 2. The van der Waals surface area contributed by atoms with Crippen LogP contribution >= 0.6 is 0 Å². The van der Waals surface area contributed by atoms with Crippen LogP contribution in [0.4, 0.5) is 8.78 Å². The molecule has 0 radical (unpaired) electrons. The number of rotatable bonds is 4. The van der Waals surface area contributed by atoms with Crippen molar-refractivity contribution in [1.29, 1.82) is 0 Å². The Hall–Kier alpha value is -2.90. The molecule has 0 aliphatic rings. The summed E-state index contributed by atoms with van der Waals surface area (Å²) in [6.07, 6.45) is 2.47. The van der Waals surface area contributed by atoms with Crippen molar-refractivity contribution in [2.45, 2.75) is 26.7 Å². The van der Waals surface area contributed by atoms with Crippen molar-refractivity contribution < 1.29 is 28.2 Å². The van der Waals surface area contributed by atoms with Crippen molar-refractivity contribution in [1.82, 2.24) is 9.97 Å². The van der Waals surface area contributed by atoms with Gasteiger partial charge in [0.25, 0.3) is 0 Å². The van der Waals surface area contributed by atoms with Gasteiger partial charge >= 0.3 is 11.9 Å². The number of hydrogen-bond acceptors (Lipinski definition) is 5. The summed E-state index contributed by atoms with van der Waals surface area (Å²) >= 11 is 0. The topological polar surface area (TPSA) is 89.4 Å². The van der Waals surface area contributed by atoms with Crippen molar-refractivity contribution in [2.24, 2.45) is 0 Å². The Morgan fingerprint density at radius 3 is 1.80 bits per heavy atom. The Balaban J connectivity index is 0.000000251. The van der Waals surface area contributed by atoms with Gasteiger partial charge in [0.1, 0.15) is 11.6 Å². The molecule has 0 bridgehead atoms. The van der Waals surface area contributed by atoms with E-state index in [0.717, 1.165) is 5.56 Å². The van der Waals surface area contributed by atoms with Gasteiger partial charge in [0.05, 0.1) is 31.3 Å². The molecule has 2 aromatic heterocycles. The lowest BCUT2D eigenvalue weighted by atomic mass is 10.2. The molecule has 2 aromatic rings. The molecule has 0 aliphatic carbocycles. The van der Waals surface area contributed by atoms with E-state index in [4.69, 9.17) is 5.11 Å². The van der Waals surface area contributed by atoms with Crippen LogP contribution in [-0.2, 0) is 27.2 Å². The maximum absolute atomic E-state index is 13.1. The molecule has 0 saturated carbocycles. The minimum absolute atomic E-state index is 0.0203. The molecule has 0 saturated heterocycles. The fourth-order valence-corrected chi connectivity index (χ4v) is 1.74. The highest BCUT2D eigenvalue weighted by Crippen LogP contribution is 2.07. The first kappa shape index (κ1) is 20.1. The highest BCUT2D eigenvalue weighted by atomic mass is 19.1. The predicted octanol–water partition coefficient (Wildman–Crippen LogP) is 2.40. The number of esters is 1. The number of aryl methyl sites for hydroxylation is 2. The lowest BCUT2D eigenvalue weighted by molar-refractivity contribution is -0.140. The molecule has 0 fully saturated rings. The standard InChI is InChI=1S/C9H10FNO2.C8H8FNO2/c1-6-3-7(10)8(11-5-6)4-9(12)13-2;1-5-2-6(9)7(10-4-5)3-8(11)12/h3,5H,4H2,1-2H3;2,4H,3H2,1H3,(H,11,12). The number of halogens is 2. The SMILES string of the molecule is COC(=O)Cc1ncc(C)cc1F.Cc1cnc(CC(=O)O)c(F)c1. The molecule has 0 amide bonds. The zero-order valence-corrected chi connectivity index (χ0v) is 14.0. The zero-order valence-electron chi connectivity index (χ0n) is 14.0.